The van der Waals surface area contributed by atoms with Gasteiger partial charge in [-0.1, -0.05) is 26.7 Å². The Morgan fingerprint density at radius 2 is 2.00 bits per heavy atom. The van der Waals surface area contributed by atoms with Gasteiger partial charge >= 0.3 is 0 Å². The summed E-state index contributed by atoms with van der Waals surface area (Å²) in [7, 11) is 0. The average molecular weight is 253 g/mol. The standard InChI is InChI=1S/C15H27NO2/c1-3-15(4-2,12-17)11-16-9-10-18-14-8-6-5-7-13(14)16/h12-14H,3-11H2,1-2H3. The first-order valence-electron chi connectivity index (χ1n) is 7.56. The molecule has 1 aliphatic carbocycles. The minimum absolute atomic E-state index is 0.140. The van der Waals surface area contributed by atoms with Crippen LogP contribution in [0.5, 0.6) is 0 Å². The van der Waals surface area contributed by atoms with Gasteiger partial charge in [-0.25, -0.2) is 0 Å². The summed E-state index contributed by atoms with van der Waals surface area (Å²) in [6, 6.07) is 0.560. The third-order valence-corrected chi connectivity index (χ3v) is 5.02. The highest BCUT2D eigenvalue weighted by Crippen LogP contribution is 2.32. The summed E-state index contributed by atoms with van der Waals surface area (Å²) >= 11 is 0. The maximum absolute atomic E-state index is 11.5. The van der Waals surface area contributed by atoms with Crippen LogP contribution in [0.1, 0.15) is 52.4 Å². The Morgan fingerprint density at radius 1 is 1.28 bits per heavy atom. The molecule has 1 saturated carbocycles. The van der Waals surface area contributed by atoms with Crippen LogP contribution in [0.15, 0.2) is 0 Å². The molecular formula is C15H27NO2. The first-order valence-corrected chi connectivity index (χ1v) is 7.56. The van der Waals surface area contributed by atoms with Gasteiger partial charge in [0.15, 0.2) is 0 Å². The van der Waals surface area contributed by atoms with Crippen molar-refractivity contribution < 1.29 is 9.53 Å². The predicted octanol–water partition coefficient (Wildman–Crippen LogP) is 2.64. The maximum atomic E-state index is 11.5. The Bertz CT molecular complexity index is 274. The Labute approximate surface area is 111 Å². The van der Waals surface area contributed by atoms with Crippen LogP contribution in [0.4, 0.5) is 0 Å². The smallest absolute Gasteiger partial charge is 0.127 e. The van der Waals surface area contributed by atoms with E-state index in [1.807, 2.05) is 0 Å². The zero-order valence-corrected chi connectivity index (χ0v) is 11.9. The maximum Gasteiger partial charge on any atom is 0.127 e. The van der Waals surface area contributed by atoms with Gasteiger partial charge in [-0.05, 0) is 25.7 Å². The van der Waals surface area contributed by atoms with Crippen LogP contribution in [0.2, 0.25) is 0 Å². The van der Waals surface area contributed by atoms with E-state index < -0.39 is 0 Å². The molecule has 2 aliphatic rings. The monoisotopic (exact) mass is 253 g/mol. The number of hydrogen-bond donors (Lipinski definition) is 0. The van der Waals surface area contributed by atoms with Crippen LogP contribution in [0.3, 0.4) is 0 Å². The molecule has 0 aromatic carbocycles. The number of rotatable bonds is 5. The molecule has 3 nitrogen and oxygen atoms in total. The molecule has 2 fully saturated rings. The van der Waals surface area contributed by atoms with Crippen molar-refractivity contribution in [2.45, 2.75) is 64.5 Å². The molecule has 0 aromatic rings. The van der Waals surface area contributed by atoms with Crippen molar-refractivity contribution in [2.75, 3.05) is 19.7 Å². The SMILES string of the molecule is CCC(C=O)(CC)CN1CCOC2CCCCC21. The molecule has 2 unspecified atom stereocenters. The lowest BCUT2D eigenvalue weighted by Gasteiger charge is -2.46. The van der Waals surface area contributed by atoms with E-state index in [0.717, 1.165) is 32.5 Å². The minimum Gasteiger partial charge on any atom is -0.375 e. The number of fused-ring (bicyclic) bond motifs is 1. The topological polar surface area (TPSA) is 29.5 Å². The fourth-order valence-corrected chi connectivity index (χ4v) is 3.45. The van der Waals surface area contributed by atoms with E-state index >= 15 is 0 Å². The van der Waals surface area contributed by atoms with E-state index in [0.29, 0.717) is 12.1 Å². The lowest BCUT2D eigenvalue weighted by molar-refractivity contribution is -0.125. The molecule has 1 aliphatic heterocycles. The Morgan fingerprint density at radius 3 is 2.67 bits per heavy atom. The van der Waals surface area contributed by atoms with Crippen molar-refractivity contribution >= 4 is 6.29 Å². The summed E-state index contributed by atoms with van der Waals surface area (Å²) in [6.07, 6.45) is 8.57. The second-order valence-electron chi connectivity index (χ2n) is 5.92. The summed E-state index contributed by atoms with van der Waals surface area (Å²) < 4.78 is 5.90. The van der Waals surface area contributed by atoms with E-state index in [1.54, 1.807) is 0 Å². The van der Waals surface area contributed by atoms with Gasteiger partial charge in [0.05, 0.1) is 12.7 Å². The molecule has 2 atom stereocenters. The number of carbonyl (C=O) groups is 1. The highest BCUT2D eigenvalue weighted by molar-refractivity contribution is 5.59. The Balaban J connectivity index is 2.04. The lowest BCUT2D eigenvalue weighted by atomic mass is 9.81. The lowest BCUT2D eigenvalue weighted by Crippen LogP contribution is -2.55. The van der Waals surface area contributed by atoms with Gasteiger partial charge in [0.25, 0.3) is 0 Å². The van der Waals surface area contributed by atoms with Crippen LogP contribution in [-0.4, -0.2) is 43.0 Å². The predicted molar refractivity (Wildman–Crippen MR) is 72.6 cm³/mol. The normalized spacial score (nSPS) is 29.9. The molecule has 1 heterocycles. The second kappa shape index (κ2) is 6.16. The van der Waals surface area contributed by atoms with Gasteiger partial charge in [0.2, 0.25) is 0 Å². The van der Waals surface area contributed by atoms with E-state index in [1.165, 1.54) is 32.0 Å². The molecule has 0 spiro atoms. The third kappa shape index (κ3) is 2.77. The van der Waals surface area contributed by atoms with Crippen LogP contribution in [-0.2, 0) is 9.53 Å². The molecule has 0 N–H and O–H groups in total. The zero-order valence-electron chi connectivity index (χ0n) is 11.9. The molecule has 2 rings (SSSR count). The number of ether oxygens (including phenoxy) is 1. The molecule has 1 saturated heterocycles. The highest BCUT2D eigenvalue weighted by Gasteiger charge is 2.38. The summed E-state index contributed by atoms with van der Waals surface area (Å²) in [5.41, 5.74) is -0.140. The van der Waals surface area contributed by atoms with Crippen LogP contribution in [0.25, 0.3) is 0 Å². The number of nitrogens with zero attached hydrogens (tertiary/aromatic N) is 1. The summed E-state index contributed by atoms with van der Waals surface area (Å²) in [5, 5.41) is 0. The van der Waals surface area contributed by atoms with Crippen molar-refractivity contribution in [2.24, 2.45) is 5.41 Å². The van der Waals surface area contributed by atoms with Gasteiger partial charge in [-0.3, -0.25) is 4.90 Å². The Kier molecular flexibility index (Phi) is 4.79. The Hall–Kier alpha value is -0.410. The van der Waals surface area contributed by atoms with Crippen LogP contribution >= 0.6 is 0 Å². The van der Waals surface area contributed by atoms with E-state index in [4.69, 9.17) is 4.74 Å². The third-order valence-electron chi connectivity index (χ3n) is 5.02. The zero-order chi connectivity index (χ0) is 13.0. The average Bonchev–Trinajstić information content (AvgIpc) is 2.45. The van der Waals surface area contributed by atoms with Crippen molar-refractivity contribution in [1.82, 2.24) is 4.90 Å². The van der Waals surface area contributed by atoms with E-state index in [2.05, 4.69) is 18.7 Å². The van der Waals surface area contributed by atoms with Crippen molar-refractivity contribution in [3.8, 4) is 0 Å². The van der Waals surface area contributed by atoms with Crippen LogP contribution < -0.4 is 0 Å². The quantitative estimate of drug-likeness (QED) is 0.705. The molecule has 0 bridgehead atoms. The number of hydrogen-bond acceptors (Lipinski definition) is 3. The highest BCUT2D eigenvalue weighted by atomic mass is 16.5. The number of morpholine rings is 1. The van der Waals surface area contributed by atoms with Crippen molar-refractivity contribution in [3.63, 3.8) is 0 Å². The number of carbonyl (C=O) groups excluding carboxylic acids is 1. The number of aldehydes is 1. The van der Waals surface area contributed by atoms with Crippen LogP contribution in [0, 0.1) is 5.41 Å². The largest absolute Gasteiger partial charge is 0.375 e. The minimum atomic E-state index is -0.140. The van der Waals surface area contributed by atoms with E-state index in [-0.39, 0.29) is 5.41 Å². The fraction of sp³-hybridized carbons (Fsp3) is 0.933. The van der Waals surface area contributed by atoms with Gasteiger partial charge in [-0.2, -0.15) is 0 Å². The molecule has 104 valence electrons. The van der Waals surface area contributed by atoms with E-state index in [9.17, 15) is 4.79 Å². The molecule has 18 heavy (non-hydrogen) atoms. The van der Waals surface area contributed by atoms with Crippen molar-refractivity contribution in [1.29, 1.82) is 0 Å². The molecule has 0 radical (unpaired) electrons. The molecule has 0 amide bonds. The molecular weight excluding hydrogens is 226 g/mol. The second-order valence-corrected chi connectivity index (χ2v) is 5.92. The van der Waals surface area contributed by atoms with Gasteiger partial charge in [0.1, 0.15) is 6.29 Å². The summed E-state index contributed by atoms with van der Waals surface area (Å²) in [6.45, 7) is 7.03. The summed E-state index contributed by atoms with van der Waals surface area (Å²) in [4.78, 5) is 14.0. The first kappa shape index (κ1) is 14.0. The first-order chi connectivity index (χ1) is 8.74. The molecule has 3 heteroatoms. The van der Waals surface area contributed by atoms with Crippen molar-refractivity contribution in [3.05, 3.63) is 0 Å². The van der Waals surface area contributed by atoms with Gasteiger partial charge in [0, 0.05) is 24.5 Å². The van der Waals surface area contributed by atoms with Gasteiger partial charge in [-0.15, -0.1) is 0 Å². The summed E-state index contributed by atoms with van der Waals surface area (Å²) in [5.74, 6) is 0. The van der Waals surface area contributed by atoms with Gasteiger partial charge < -0.3 is 9.53 Å². The molecule has 0 aromatic heterocycles. The fourth-order valence-electron chi connectivity index (χ4n) is 3.45.